The number of aromatic nitrogens is 1. The summed E-state index contributed by atoms with van der Waals surface area (Å²) in [6, 6.07) is 8.10. The molecule has 0 saturated heterocycles. The Labute approximate surface area is 175 Å². The number of para-hydroxylation sites is 1. The number of rotatable bonds is 6. The van der Waals surface area contributed by atoms with Gasteiger partial charge in [-0.15, -0.1) is 11.3 Å². The fourth-order valence-corrected chi connectivity index (χ4v) is 7.53. The number of carbonyl (C=O) groups excluding carboxylic acids is 2. The first kappa shape index (κ1) is 19.0. The van der Waals surface area contributed by atoms with Crippen LogP contribution in [0.25, 0.3) is 10.2 Å². The van der Waals surface area contributed by atoms with Gasteiger partial charge >= 0.3 is 0 Å². The van der Waals surface area contributed by atoms with Gasteiger partial charge in [0, 0.05) is 12.8 Å². The van der Waals surface area contributed by atoms with Gasteiger partial charge in [-0.1, -0.05) is 12.1 Å². The number of benzene rings is 1. The standard InChI is InChI=1S/C23H29N3O2S/c27-20(6-3-7-22-24-18-4-1-2-5-19(18)29-22)25-26-21(28)14-23-11-15-8-16(12-23)10-17(9-15)13-23/h1-2,4-5,15-17H,3,6-14H2,(H,25,27)(H,26,28). The maximum Gasteiger partial charge on any atom is 0.238 e. The molecule has 4 saturated carbocycles. The number of aryl methyl sites for hydroxylation is 1. The molecule has 0 aliphatic heterocycles. The molecule has 0 unspecified atom stereocenters. The van der Waals surface area contributed by atoms with E-state index in [9.17, 15) is 9.59 Å². The van der Waals surface area contributed by atoms with Gasteiger partial charge in [-0.25, -0.2) is 4.98 Å². The summed E-state index contributed by atoms with van der Waals surface area (Å²) >= 11 is 1.69. The minimum Gasteiger partial charge on any atom is -0.273 e. The number of hydrazine groups is 1. The van der Waals surface area contributed by atoms with Crippen molar-refractivity contribution in [3.05, 3.63) is 29.3 Å². The quantitative estimate of drug-likeness (QED) is 0.693. The molecule has 1 heterocycles. The Bertz CT molecular complexity index is 853. The monoisotopic (exact) mass is 411 g/mol. The van der Waals surface area contributed by atoms with E-state index in [1.807, 2.05) is 18.2 Å². The first-order chi connectivity index (χ1) is 14.1. The Balaban J connectivity index is 1.05. The summed E-state index contributed by atoms with van der Waals surface area (Å²) in [5.74, 6) is 2.37. The van der Waals surface area contributed by atoms with Crippen molar-refractivity contribution in [2.24, 2.45) is 23.2 Å². The minimum absolute atomic E-state index is 0.0218. The molecule has 29 heavy (non-hydrogen) atoms. The van der Waals surface area contributed by atoms with Gasteiger partial charge in [0.15, 0.2) is 0 Å². The highest BCUT2D eigenvalue weighted by molar-refractivity contribution is 7.18. The van der Waals surface area contributed by atoms with Gasteiger partial charge in [0.2, 0.25) is 11.8 Å². The molecule has 6 heteroatoms. The first-order valence-corrected chi connectivity index (χ1v) is 11.8. The predicted molar refractivity (Wildman–Crippen MR) is 114 cm³/mol. The molecule has 154 valence electrons. The Hall–Kier alpha value is -1.95. The van der Waals surface area contributed by atoms with E-state index in [0.717, 1.165) is 41.1 Å². The number of thiazole rings is 1. The third-order valence-corrected chi connectivity index (χ3v) is 8.27. The Morgan fingerprint density at radius 3 is 2.34 bits per heavy atom. The van der Waals surface area contributed by atoms with E-state index in [0.29, 0.717) is 12.8 Å². The number of carbonyl (C=O) groups is 2. The predicted octanol–water partition coefficient (Wildman–Crippen LogP) is 4.37. The van der Waals surface area contributed by atoms with E-state index in [1.165, 1.54) is 43.2 Å². The van der Waals surface area contributed by atoms with Crippen molar-refractivity contribution in [1.29, 1.82) is 0 Å². The topological polar surface area (TPSA) is 71.1 Å². The average Bonchev–Trinajstić information content (AvgIpc) is 3.07. The van der Waals surface area contributed by atoms with E-state index in [2.05, 4.69) is 21.9 Å². The molecular weight excluding hydrogens is 382 g/mol. The highest BCUT2D eigenvalue weighted by Crippen LogP contribution is 2.61. The fourth-order valence-electron chi connectivity index (χ4n) is 6.52. The fraction of sp³-hybridized carbons (Fsp3) is 0.609. The van der Waals surface area contributed by atoms with Crippen LogP contribution in [0.5, 0.6) is 0 Å². The van der Waals surface area contributed by atoms with E-state index in [1.54, 1.807) is 11.3 Å². The Morgan fingerprint density at radius 2 is 1.66 bits per heavy atom. The first-order valence-electron chi connectivity index (χ1n) is 11.0. The zero-order valence-electron chi connectivity index (χ0n) is 16.8. The van der Waals surface area contributed by atoms with Crippen molar-refractivity contribution in [3.63, 3.8) is 0 Å². The number of nitrogens with zero attached hydrogens (tertiary/aromatic N) is 1. The summed E-state index contributed by atoms with van der Waals surface area (Å²) in [5.41, 5.74) is 6.53. The van der Waals surface area contributed by atoms with Crippen LogP contribution in [0.3, 0.4) is 0 Å². The largest absolute Gasteiger partial charge is 0.273 e. The van der Waals surface area contributed by atoms with Crippen LogP contribution in [-0.4, -0.2) is 16.8 Å². The minimum atomic E-state index is -0.120. The maximum atomic E-state index is 12.5. The molecule has 2 aromatic rings. The van der Waals surface area contributed by atoms with Gasteiger partial charge in [0.25, 0.3) is 0 Å². The van der Waals surface area contributed by atoms with Crippen LogP contribution in [0.4, 0.5) is 0 Å². The smallest absolute Gasteiger partial charge is 0.238 e. The molecule has 1 aromatic carbocycles. The third kappa shape index (κ3) is 4.18. The van der Waals surface area contributed by atoms with Gasteiger partial charge in [0.1, 0.15) is 0 Å². The summed E-state index contributed by atoms with van der Waals surface area (Å²) in [6.07, 6.45) is 10.3. The second kappa shape index (κ2) is 7.71. The van der Waals surface area contributed by atoms with E-state index >= 15 is 0 Å². The number of hydrogen-bond acceptors (Lipinski definition) is 4. The number of amides is 2. The van der Waals surface area contributed by atoms with Crippen molar-refractivity contribution < 1.29 is 9.59 Å². The van der Waals surface area contributed by atoms with E-state index < -0.39 is 0 Å². The van der Waals surface area contributed by atoms with Crippen molar-refractivity contribution >= 4 is 33.4 Å². The molecule has 0 spiro atoms. The summed E-state index contributed by atoms with van der Waals surface area (Å²) in [7, 11) is 0. The average molecular weight is 412 g/mol. The molecule has 5 nitrogen and oxygen atoms in total. The van der Waals surface area contributed by atoms with Gasteiger partial charge in [-0.3, -0.25) is 20.4 Å². The lowest BCUT2D eigenvalue weighted by Crippen LogP contribution is -2.50. The van der Waals surface area contributed by atoms with Gasteiger partial charge < -0.3 is 0 Å². The molecule has 4 bridgehead atoms. The SMILES string of the molecule is O=C(CCCc1nc2ccccc2s1)NNC(=O)CC12CC3CC(CC(C3)C1)C2. The maximum absolute atomic E-state index is 12.5. The molecule has 0 radical (unpaired) electrons. The zero-order valence-corrected chi connectivity index (χ0v) is 17.6. The molecule has 6 rings (SSSR count). The number of fused-ring (bicyclic) bond motifs is 1. The van der Waals surface area contributed by atoms with Crippen LogP contribution >= 0.6 is 11.3 Å². The molecule has 2 amide bonds. The van der Waals surface area contributed by atoms with Crippen molar-refractivity contribution in [2.45, 2.75) is 64.2 Å². The molecule has 4 aliphatic carbocycles. The van der Waals surface area contributed by atoms with Gasteiger partial charge in [-0.05, 0) is 86.7 Å². The lowest BCUT2D eigenvalue weighted by Gasteiger charge is -2.56. The normalized spacial score (nSPS) is 29.9. The summed E-state index contributed by atoms with van der Waals surface area (Å²) in [6.45, 7) is 0. The lowest BCUT2D eigenvalue weighted by atomic mass is 9.49. The van der Waals surface area contributed by atoms with Crippen molar-refractivity contribution in [2.75, 3.05) is 0 Å². The molecule has 1 aromatic heterocycles. The van der Waals surface area contributed by atoms with Gasteiger partial charge in [-0.2, -0.15) is 0 Å². The second-order valence-corrected chi connectivity index (χ2v) is 10.7. The lowest BCUT2D eigenvalue weighted by molar-refractivity contribution is -0.134. The second-order valence-electron chi connectivity index (χ2n) is 9.62. The third-order valence-electron chi connectivity index (χ3n) is 7.17. The molecular formula is C23H29N3O2S. The highest BCUT2D eigenvalue weighted by atomic mass is 32.1. The van der Waals surface area contributed by atoms with Crippen LogP contribution in [0.1, 0.15) is 62.8 Å². The van der Waals surface area contributed by atoms with Crippen molar-refractivity contribution in [3.8, 4) is 0 Å². The molecule has 0 atom stereocenters. The highest BCUT2D eigenvalue weighted by Gasteiger charge is 2.51. The molecule has 2 N–H and O–H groups in total. The summed E-state index contributed by atoms with van der Waals surface area (Å²) in [5, 5.41) is 1.06. The van der Waals surface area contributed by atoms with Crippen LogP contribution in [-0.2, 0) is 16.0 Å². The molecule has 4 fully saturated rings. The van der Waals surface area contributed by atoms with E-state index in [4.69, 9.17) is 0 Å². The number of nitrogens with one attached hydrogen (secondary N) is 2. The van der Waals surface area contributed by atoms with E-state index in [-0.39, 0.29) is 17.2 Å². The number of hydrogen-bond donors (Lipinski definition) is 2. The molecule has 4 aliphatic rings. The van der Waals surface area contributed by atoms with Crippen LogP contribution in [0.2, 0.25) is 0 Å². The Morgan fingerprint density at radius 1 is 1.00 bits per heavy atom. The van der Waals surface area contributed by atoms with Crippen molar-refractivity contribution in [1.82, 2.24) is 15.8 Å². The van der Waals surface area contributed by atoms with Gasteiger partial charge in [0.05, 0.1) is 15.2 Å². The zero-order chi connectivity index (χ0) is 19.8. The van der Waals surface area contributed by atoms with Crippen LogP contribution in [0, 0.1) is 23.2 Å². The summed E-state index contributed by atoms with van der Waals surface area (Å²) < 4.78 is 1.18. The van der Waals surface area contributed by atoms with Crippen LogP contribution < -0.4 is 10.9 Å². The Kier molecular flexibility index (Phi) is 5.06. The summed E-state index contributed by atoms with van der Waals surface area (Å²) in [4.78, 5) is 29.2. The van der Waals surface area contributed by atoms with Crippen LogP contribution in [0.15, 0.2) is 24.3 Å².